The van der Waals surface area contributed by atoms with Crippen LogP contribution in [-0.4, -0.2) is 40.2 Å². The third-order valence-corrected chi connectivity index (χ3v) is 4.79. The Hall–Kier alpha value is -2.39. The van der Waals surface area contributed by atoms with E-state index in [0.29, 0.717) is 17.0 Å². The van der Waals surface area contributed by atoms with Gasteiger partial charge < -0.3 is 15.0 Å². The highest BCUT2D eigenvalue weighted by atomic mass is 127. The molecule has 1 aromatic heterocycles. The first-order valence-corrected chi connectivity index (χ1v) is 9.91. The number of amides is 1. The van der Waals surface area contributed by atoms with Gasteiger partial charge >= 0.3 is 5.97 Å². The first-order chi connectivity index (χ1) is 13.2. The minimum absolute atomic E-state index is 0.157. The van der Waals surface area contributed by atoms with Gasteiger partial charge in [0.15, 0.2) is 0 Å². The van der Waals surface area contributed by atoms with Crippen LogP contribution in [0, 0.1) is 0 Å². The number of anilines is 1. The summed E-state index contributed by atoms with van der Waals surface area (Å²) in [6, 6.07) is 12.3. The minimum Gasteiger partial charge on any atom is -0.422 e. The van der Waals surface area contributed by atoms with Gasteiger partial charge in [-0.2, -0.15) is 0 Å². The van der Waals surface area contributed by atoms with E-state index in [0.717, 1.165) is 32.1 Å². The van der Waals surface area contributed by atoms with Crippen LogP contribution in [0.2, 0.25) is 0 Å². The van der Waals surface area contributed by atoms with Crippen LogP contribution in [0.1, 0.15) is 22.8 Å². The largest absolute Gasteiger partial charge is 0.422 e. The molecule has 28 heavy (non-hydrogen) atoms. The second-order valence-corrected chi connectivity index (χ2v) is 9.76. The van der Waals surface area contributed by atoms with Gasteiger partial charge in [0.05, 0.1) is 26.2 Å². The molecule has 0 bridgehead atoms. The van der Waals surface area contributed by atoms with Crippen molar-refractivity contribution in [2.24, 2.45) is 0 Å². The van der Waals surface area contributed by atoms with Crippen LogP contribution in [0.25, 0.3) is 10.9 Å². The number of likely N-dealkylation sites (N-methyl/N-ethyl adjacent to an activating group) is 1. The number of carbonyl (C=O) groups excluding carboxylic acids is 2. The number of fused-ring (bicyclic) bond motifs is 1. The molecule has 3 rings (SSSR count). The van der Waals surface area contributed by atoms with E-state index in [-0.39, 0.29) is 5.91 Å². The summed E-state index contributed by atoms with van der Waals surface area (Å²) in [5, 5.41) is 3.62. The van der Waals surface area contributed by atoms with E-state index >= 15 is 0 Å². The third kappa shape index (κ3) is 5.11. The van der Waals surface area contributed by atoms with E-state index in [9.17, 15) is 9.59 Å². The summed E-state index contributed by atoms with van der Waals surface area (Å²) in [5.74, 6) is -0.0437. The number of aromatic nitrogens is 1. The molecule has 146 valence electrons. The summed E-state index contributed by atoms with van der Waals surface area (Å²) < 4.78 is 6.54. The van der Waals surface area contributed by atoms with Gasteiger partial charge in [-0.05, 0) is 42.0 Å². The number of halogens is 1. The first-order valence-electron chi connectivity index (χ1n) is 8.94. The standard InChI is InChI=1S/C21H22IN3O3/c1-14(26)24-17-9-7-15(8-10-17)21(27)28-19-6-4-5-18-20(19)16(13-23-18)11-12-25(2,3)22/h4-10,13,23H,11-12H2,1-3H3/p+1. The highest BCUT2D eigenvalue weighted by Gasteiger charge is 2.17. The SMILES string of the molecule is CC(=O)Nc1ccc(C(=O)Oc2cccc3[nH]cc(CC[N+](C)(C)I)c23)cc1. The van der Waals surface area contributed by atoms with E-state index in [1.165, 1.54) is 6.92 Å². The smallest absolute Gasteiger partial charge is 0.343 e. The number of nitrogens with zero attached hydrogens (tertiary/aromatic N) is 1. The lowest BCUT2D eigenvalue weighted by Crippen LogP contribution is -2.29. The Balaban J connectivity index is 1.82. The predicted molar refractivity (Wildman–Crippen MR) is 119 cm³/mol. The number of carbonyl (C=O) groups is 2. The molecule has 0 unspecified atom stereocenters. The lowest BCUT2D eigenvalue weighted by molar-refractivity contribution is -0.706. The van der Waals surface area contributed by atoms with Gasteiger partial charge in [0.2, 0.25) is 28.8 Å². The third-order valence-electron chi connectivity index (χ3n) is 4.31. The zero-order valence-electron chi connectivity index (χ0n) is 16.1. The number of H-pyrrole nitrogens is 1. The van der Waals surface area contributed by atoms with Crippen molar-refractivity contribution >= 4 is 51.3 Å². The van der Waals surface area contributed by atoms with Crippen LogP contribution >= 0.6 is 22.9 Å². The molecule has 0 saturated heterocycles. The van der Waals surface area contributed by atoms with E-state index in [1.807, 2.05) is 24.4 Å². The van der Waals surface area contributed by atoms with Crippen LogP contribution < -0.4 is 10.1 Å². The molecule has 0 aliphatic carbocycles. The molecule has 6 nitrogen and oxygen atoms in total. The first kappa shape index (κ1) is 20.3. The summed E-state index contributed by atoms with van der Waals surface area (Å²) in [7, 11) is 4.28. The van der Waals surface area contributed by atoms with Gasteiger partial charge in [0.25, 0.3) is 0 Å². The molecule has 0 aliphatic heterocycles. The molecule has 1 heterocycles. The summed E-state index contributed by atoms with van der Waals surface area (Å²) in [4.78, 5) is 27.0. The molecule has 0 radical (unpaired) electrons. The van der Waals surface area contributed by atoms with Crippen molar-refractivity contribution in [3.63, 3.8) is 0 Å². The molecule has 2 aromatic carbocycles. The zero-order chi connectivity index (χ0) is 20.3. The average Bonchev–Trinajstić information content (AvgIpc) is 3.04. The number of benzene rings is 2. The van der Waals surface area contributed by atoms with Crippen molar-refractivity contribution in [3.8, 4) is 5.75 Å². The van der Waals surface area contributed by atoms with Crippen LogP contribution in [0.5, 0.6) is 5.75 Å². The molecule has 0 saturated carbocycles. The van der Waals surface area contributed by atoms with Gasteiger partial charge in [0, 0.05) is 36.1 Å². The van der Waals surface area contributed by atoms with Crippen molar-refractivity contribution in [1.29, 1.82) is 0 Å². The summed E-state index contributed by atoms with van der Waals surface area (Å²) in [6.07, 6.45) is 2.85. The topological polar surface area (TPSA) is 71.2 Å². The maximum atomic E-state index is 12.6. The van der Waals surface area contributed by atoms with Gasteiger partial charge in [0.1, 0.15) is 5.75 Å². The highest BCUT2D eigenvalue weighted by molar-refractivity contribution is 14.1. The van der Waals surface area contributed by atoms with Crippen molar-refractivity contribution < 1.29 is 17.0 Å². The Labute approximate surface area is 178 Å². The maximum absolute atomic E-state index is 12.6. The lowest BCUT2D eigenvalue weighted by atomic mass is 10.1. The molecular weight excluding hydrogens is 469 g/mol. The Morgan fingerprint density at radius 1 is 1.14 bits per heavy atom. The summed E-state index contributed by atoms with van der Waals surface area (Å²) in [5.41, 5.74) is 3.13. The van der Waals surface area contributed by atoms with Crippen molar-refractivity contribution in [3.05, 3.63) is 59.8 Å². The molecular formula is C21H23IN3O3+. The number of ether oxygens (including phenoxy) is 1. The number of rotatable bonds is 6. The molecule has 7 heteroatoms. The molecule has 0 fully saturated rings. The number of hydrogen-bond donors (Lipinski definition) is 2. The second kappa shape index (κ2) is 8.32. The molecule has 0 spiro atoms. The van der Waals surface area contributed by atoms with Crippen molar-refractivity contribution in [1.82, 2.24) is 4.98 Å². The van der Waals surface area contributed by atoms with Crippen molar-refractivity contribution in [2.75, 3.05) is 26.0 Å². The van der Waals surface area contributed by atoms with Crippen molar-refractivity contribution in [2.45, 2.75) is 13.3 Å². The number of nitrogens with one attached hydrogen (secondary N) is 2. The highest BCUT2D eigenvalue weighted by Crippen LogP contribution is 2.30. The van der Waals surface area contributed by atoms with Crippen LogP contribution in [0.3, 0.4) is 0 Å². The molecule has 2 N–H and O–H groups in total. The lowest BCUT2D eigenvalue weighted by Gasteiger charge is -2.19. The van der Waals surface area contributed by atoms with Gasteiger partial charge in [-0.3, -0.25) is 7.49 Å². The van der Waals surface area contributed by atoms with Gasteiger partial charge in [-0.1, -0.05) is 6.07 Å². The normalized spacial score (nSPS) is 11.4. The Morgan fingerprint density at radius 3 is 2.50 bits per heavy atom. The van der Waals surface area contributed by atoms with E-state index in [1.54, 1.807) is 24.3 Å². The van der Waals surface area contributed by atoms with Gasteiger partial charge in [-0.25, -0.2) is 4.79 Å². The average molecular weight is 492 g/mol. The van der Waals surface area contributed by atoms with E-state index in [4.69, 9.17) is 4.74 Å². The molecule has 1 amide bonds. The number of hydrogen-bond acceptors (Lipinski definition) is 3. The Kier molecular flexibility index (Phi) is 6.04. The fraction of sp³-hybridized carbons (Fsp3) is 0.238. The minimum atomic E-state index is -0.431. The molecule has 0 atom stereocenters. The van der Waals surface area contributed by atoms with Crippen LogP contribution in [-0.2, 0) is 11.2 Å². The summed E-state index contributed by atoms with van der Waals surface area (Å²) >= 11 is 2.39. The fourth-order valence-corrected chi connectivity index (χ4v) is 3.18. The maximum Gasteiger partial charge on any atom is 0.343 e. The molecule has 3 aromatic rings. The van der Waals surface area contributed by atoms with Crippen LogP contribution in [0.4, 0.5) is 5.69 Å². The monoisotopic (exact) mass is 492 g/mol. The van der Waals surface area contributed by atoms with E-state index in [2.05, 4.69) is 47.3 Å². The van der Waals surface area contributed by atoms with Crippen LogP contribution in [0.15, 0.2) is 48.7 Å². The second-order valence-electron chi connectivity index (χ2n) is 7.15. The quantitative estimate of drug-likeness (QED) is 0.233. The Morgan fingerprint density at radius 2 is 1.86 bits per heavy atom. The Bertz CT molecular complexity index is 1000. The fourth-order valence-electron chi connectivity index (χ4n) is 2.94. The number of aromatic amines is 1. The molecule has 0 aliphatic rings. The van der Waals surface area contributed by atoms with Gasteiger partial charge in [-0.15, -0.1) is 0 Å². The zero-order valence-corrected chi connectivity index (χ0v) is 18.2. The van der Waals surface area contributed by atoms with E-state index < -0.39 is 5.97 Å². The number of esters is 1. The predicted octanol–water partition coefficient (Wildman–Crippen LogP) is 4.31. The summed E-state index contributed by atoms with van der Waals surface area (Å²) in [6.45, 7) is 2.40. The number of quaternary nitrogens is 1.